The fourth-order valence-electron chi connectivity index (χ4n) is 2.75. The Kier molecular flexibility index (Phi) is 5.83. The van der Waals surface area contributed by atoms with Gasteiger partial charge in [0.1, 0.15) is 0 Å². The predicted molar refractivity (Wildman–Crippen MR) is 91.6 cm³/mol. The van der Waals surface area contributed by atoms with Crippen molar-refractivity contribution in [3.63, 3.8) is 0 Å². The van der Waals surface area contributed by atoms with Crippen LogP contribution < -0.4 is 5.32 Å². The van der Waals surface area contributed by atoms with E-state index in [-0.39, 0.29) is 11.9 Å². The molecule has 2 aromatic heterocycles. The van der Waals surface area contributed by atoms with Crippen LogP contribution in [0.3, 0.4) is 0 Å². The van der Waals surface area contributed by atoms with E-state index in [4.69, 9.17) is 8.94 Å². The molecule has 25 heavy (non-hydrogen) atoms. The van der Waals surface area contributed by atoms with Gasteiger partial charge >= 0.3 is 0 Å². The number of furan rings is 1. The number of amides is 1. The summed E-state index contributed by atoms with van der Waals surface area (Å²) in [6, 6.07) is 3.83. The van der Waals surface area contributed by atoms with Crippen molar-refractivity contribution in [3.8, 4) is 11.6 Å². The minimum Gasteiger partial charge on any atom is -0.461 e. The van der Waals surface area contributed by atoms with Crippen LogP contribution in [0.5, 0.6) is 0 Å². The maximum atomic E-state index is 12.0. The lowest BCUT2D eigenvalue weighted by Crippen LogP contribution is -2.49. The first-order chi connectivity index (χ1) is 12.1. The second-order valence-electron chi connectivity index (χ2n) is 6.42. The molecule has 0 saturated carbocycles. The van der Waals surface area contributed by atoms with E-state index in [1.165, 1.54) is 0 Å². The molecule has 1 N–H and O–H groups in total. The summed E-state index contributed by atoms with van der Waals surface area (Å²) < 4.78 is 10.6. The first-order valence-corrected chi connectivity index (χ1v) is 8.74. The average molecular weight is 347 g/mol. The molecule has 3 heterocycles. The fraction of sp³-hybridized carbons (Fsp3) is 0.588. The van der Waals surface area contributed by atoms with E-state index in [2.05, 4.69) is 32.2 Å². The number of rotatable bonds is 7. The molecular formula is C17H25N5O3. The summed E-state index contributed by atoms with van der Waals surface area (Å²) in [4.78, 5) is 20.8. The van der Waals surface area contributed by atoms with E-state index >= 15 is 0 Å². The minimum absolute atomic E-state index is 0.0998. The molecule has 136 valence electrons. The van der Waals surface area contributed by atoms with Crippen LogP contribution in [0, 0.1) is 0 Å². The zero-order valence-corrected chi connectivity index (χ0v) is 14.8. The molecule has 0 aliphatic carbocycles. The normalized spacial score (nSPS) is 17.5. The first-order valence-electron chi connectivity index (χ1n) is 8.74. The second-order valence-corrected chi connectivity index (χ2v) is 6.42. The van der Waals surface area contributed by atoms with Gasteiger partial charge in [-0.15, -0.1) is 0 Å². The summed E-state index contributed by atoms with van der Waals surface area (Å²) in [5.41, 5.74) is 0. The Morgan fingerprint density at radius 3 is 2.76 bits per heavy atom. The molecule has 0 spiro atoms. The van der Waals surface area contributed by atoms with Crippen molar-refractivity contribution in [1.29, 1.82) is 0 Å². The standard InChI is InChI=1S/C17H25N5O3/c1-3-13(2)18-15(23)11-21-6-8-22(9-7-21)12-16-19-17(20-25-16)14-5-4-10-24-14/h4-5,10,13H,3,6-9,11-12H2,1-2H3,(H,18,23). The number of hydrogen-bond donors (Lipinski definition) is 1. The lowest BCUT2D eigenvalue weighted by Gasteiger charge is -2.33. The van der Waals surface area contributed by atoms with Gasteiger partial charge in [-0.3, -0.25) is 14.6 Å². The molecule has 2 aromatic rings. The Morgan fingerprint density at radius 2 is 2.08 bits per heavy atom. The third-order valence-electron chi connectivity index (χ3n) is 4.42. The monoisotopic (exact) mass is 347 g/mol. The number of carbonyl (C=O) groups excluding carboxylic acids is 1. The van der Waals surface area contributed by atoms with Crippen LogP contribution in [-0.2, 0) is 11.3 Å². The number of hydrogen-bond acceptors (Lipinski definition) is 7. The van der Waals surface area contributed by atoms with Crippen molar-refractivity contribution in [2.75, 3.05) is 32.7 Å². The van der Waals surface area contributed by atoms with Gasteiger partial charge in [0.2, 0.25) is 17.6 Å². The van der Waals surface area contributed by atoms with Gasteiger partial charge in [0.05, 0.1) is 19.4 Å². The van der Waals surface area contributed by atoms with E-state index in [1.807, 2.05) is 6.92 Å². The highest BCUT2D eigenvalue weighted by atomic mass is 16.5. The number of nitrogens with zero attached hydrogens (tertiary/aromatic N) is 4. The molecule has 1 aliphatic heterocycles. The largest absolute Gasteiger partial charge is 0.461 e. The molecule has 3 rings (SSSR count). The summed E-state index contributed by atoms with van der Waals surface area (Å²) in [6.45, 7) is 8.61. The third kappa shape index (κ3) is 4.90. The molecule has 8 nitrogen and oxygen atoms in total. The maximum Gasteiger partial charge on any atom is 0.241 e. The third-order valence-corrected chi connectivity index (χ3v) is 4.42. The summed E-state index contributed by atoms with van der Waals surface area (Å²) in [5, 5.41) is 6.95. The average Bonchev–Trinajstić information content (AvgIpc) is 3.27. The van der Waals surface area contributed by atoms with Crippen LogP contribution in [0.2, 0.25) is 0 Å². The van der Waals surface area contributed by atoms with E-state index in [0.29, 0.717) is 30.6 Å². The van der Waals surface area contributed by atoms with Crippen molar-refractivity contribution in [3.05, 3.63) is 24.3 Å². The lowest BCUT2D eigenvalue weighted by molar-refractivity contribution is -0.123. The highest BCUT2D eigenvalue weighted by Gasteiger charge is 2.21. The van der Waals surface area contributed by atoms with Gasteiger partial charge in [-0.25, -0.2) is 0 Å². The fourth-order valence-corrected chi connectivity index (χ4v) is 2.75. The summed E-state index contributed by atoms with van der Waals surface area (Å²) >= 11 is 0. The van der Waals surface area contributed by atoms with Crippen LogP contribution in [0.1, 0.15) is 26.2 Å². The predicted octanol–water partition coefficient (Wildman–Crippen LogP) is 1.36. The van der Waals surface area contributed by atoms with Gasteiger partial charge in [-0.1, -0.05) is 12.1 Å². The van der Waals surface area contributed by atoms with Gasteiger partial charge in [0.15, 0.2) is 5.76 Å². The molecule has 1 atom stereocenters. The zero-order valence-electron chi connectivity index (χ0n) is 14.8. The SMILES string of the molecule is CCC(C)NC(=O)CN1CCN(Cc2nc(-c3ccco3)no2)CC1. The first kappa shape index (κ1) is 17.6. The van der Waals surface area contributed by atoms with E-state index in [9.17, 15) is 4.79 Å². The van der Waals surface area contributed by atoms with Gasteiger partial charge in [-0.2, -0.15) is 4.98 Å². The Hall–Kier alpha value is -2.19. The Labute approximate surface area is 147 Å². The number of carbonyl (C=O) groups is 1. The van der Waals surface area contributed by atoms with Crippen molar-refractivity contribution in [2.24, 2.45) is 0 Å². The van der Waals surface area contributed by atoms with Crippen LogP contribution in [0.15, 0.2) is 27.3 Å². The van der Waals surface area contributed by atoms with Gasteiger partial charge in [0.25, 0.3) is 0 Å². The Bertz CT molecular complexity index is 662. The van der Waals surface area contributed by atoms with E-state index in [0.717, 1.165) is 32.6 Å². The molecule has 0 radical (unpaired) electrons. The highest BCUT2D eigenvalue weighted by Crippen LogP contribution is 2.16. The molecular weight excluding hydrogens is 322 g/mol. The maximum absolute atomic E-state index is 12.0. The summed E-state index contributed by atoms with van der Waals surface area (Å²) in [5.74, 6) is 1.75. The molecule has 8 heteroatoms. The number of piperazine rings is 1. The molecule has 1 fully saturated rings. The molecule has 1 amide bonds. The molecule has 1 aliphatic rings. The van der Waals surface area contributed by atoms with Gasteiger partial charge in [-0.05, 0) is 25.5 Å². The quantitative estimate of drug-likeness (QED) is 0.809. The molecule has 0 aromatic carbocycles. The van der Waals surface area contributed by atoms with Crippen LogP contribution in [-0.4, -0.2) is 64.6 Å². The Morgan fingerprint density at radius 1 is 1.32 bits per heavy atom. The van der Waals surface area contributed by atoms with Crippen LogP contribution >= 0.6 is 0 Å². The van der Waals surface area contributed by atoms with Crippen molar-refractivity contribution < 1.29 is 13.7 Å². The van der Waals surface area contributed by atoms with E-state index < -0.39 is 0 Å². The molecule has 0 bridgehead atoms. The topological polar surface area (TPSA) is 87.6 Å². The molecule has 1 saturated heterocycles. The van der Waals surface area contributed by atoms with Crippen molar-refractivity contribution in [1.82, 2.24) is 25.3 Å². The van der Waals surface area contributed by atoms with Crippen LogP contribution in [0.4, 0.5) is 0 Å². The van der Waals surface area contributed by atoms with Crippen LogP contribution in [0.25, 0.3) is 11.6 Å². The zero-order chi connectivity index (χ0) is 17.6. The molecule has 1 unspecified atom stereocenters. The van der Waals surface area contributed by atoms with Crippen molar-refractivity contribution in [2.45, 2.75) is 32.9 Å². The smallest absolute Gasteiger partial charge is 0.241 e. The highest BCUT2D eigenvalue weighted by molar-refractivity contribution is 5.78. The lowest BCUT2D eigenvalue weighted by atomic mass is 10.2. The van der Waals surface area contributed by atoms with Gasteiger partial charge < -0.3 is 14.3 Å². The minimum atomic E-state index is 0.0998. The van der Waals surface area contributed by atoms with Gasteiger partial charge in [0, 0.05) is 32.2 Å². The summed E-state index contributed by atoms with van der Waals surface area (Å²) in [7, 11) is 0. The van der Waals surface area contributed by atoms with E-state index in [1.54, 1.807) is 18.4 Å². The second kappa shape index (κ2) is 8.26. The summed E-state index contributed by atoms with van der Waals surface area (Å²) in [6.07, 6.45) is 2.53. The number of aromatic nitrogens is 2. The Balaban J connectivity index is 1.43. The van der Waals surface area contributed by atoms with Crippen molar-refractivity contribution >= 4 is 5.91 Å². The number of nitrogens with one attached hydrogen (secondary N) is 1.